The van der Waals surface area contributed by atoms with Gasteiger partial charge in [0.1, 0.15) is 0 Å². The summed E-state index contributed by atoms with van der Waals surface area (Å²) in [4.78, 5) is 22.7. The van der Waals surface area contributed by atoms with E-state index in [-0.39, 0.29) is 11.5 Å². The van der Waals surface area contributed by atoms with Crippen molar-refractivity contribution in [1.29, 1.82) is 0 Å². The Hall–Kier alpha value is -1.40. The molecule has 1 saturated heterocycles. The lowest BCUT2D eigenvalue weighted by atomic mass is 10.0. The number of halogens is 1. The van der Waals surface area contributed by atoms with Crippen LogP contribution in [-0.4, -0.2) is 30.1 Å². The Morgan fingerprint density at radius 1 is 1.45 bits per heavy atom. The number of rotatable bonds is 5. The van der Waals surface area contributed by atoms with Gasteiger partial charge >= 0.3 is 5.97 Å². The zero-order valence-corrected chi connectivity index (χ0v) is 12.6. The first kappa shape index (κ1) is 15.0. The average Bonchev–Trinajstić information content (AvgIpc) is 2.91. The number of anilines is 1. The highest BCUT2D eigenvalue weighted by Gasteiger charge is 2.16. The van der Waals surface area contributed by atoms with E-state index < -0.39 is 5.97 Å². The minimum absolute atomic E-state index is 0.0410. The maximum absolute atomic E-state index is 11.9. The van der Waals surface area contributed by atoms with Crippen LogP contribution in [0.3, 0.4) is 0 Å². The van der Waals surface area contributed by atoms with Crippen LogP contribution >= 0.6 is 15.9 Å². The molecule has 1 unspecified atom stereocenters. The van der Waals surface area contributed by atoms with E-state index in [0.717, 1.165) is 25.9 Å². The maximum Gasteiger partial charge on any atom is 0.335 e. The maximum atomic E-state index is 11.9. The van der Waals surface area contributed by atoms with E-state index in [1.54, 1.807) is 6.07 Å². The molecule has 6 heteroatoms. The van der Waals surface area contributed by atoms with Crippen LogP contribution in [-0.2, 0) is 4.79 Å². The van der Waals surface area contributed by atoms with Gasteiger partial charge in [0.05, 0.1) is 11.3 Å². The van der Waals surface area contributed by atoms with Gasteiger partial charge in [-0.25, -0.2) is 4.79 Å². The fourth-order valence-electron chi connectivity index (χ4n) is 2.26. The highest BCUT2D eigenvalue weighted by atomic mass is 79.9. The Kier molecular flexibility index (Phi) is 5.14. The summed E-state index contributed by atoms with van der Waals surface area (Å²) in [6.07, 6.45) is 2.49. The molecule has 0 radical (unpaired) electrons. The minimum atomic E-state index is -0.989. The van der Waals surface area contributed by atoms with Gasteiger partial charge in [-0.3, -0.25) is 4.79 Å². The number of hydrogen-bond acceptors (Lipinski definition) is 3. The summed E-state index contributed by atoms with van der Waals surface area (Å²) in [6, 6.07) is 4.56. The molecule has 0 saturated carbocycles. The van der Waals surface area contributed by atoms with E-state index in [4.69, 9.17) is 5.11 Å². The lowest BCUT2D eigenvalue weighted by molar-refractivity contribution is -0.116. The summed E-state index contributed by atoms with van der Waals surface area (Å²) < 4.78 is 0.577. The average molecular weight is 341 g/mol. The summed E-state index contributed by atoms with van der Waals surface area (Å²) in [5.41, 5.74) is 0.788. The summed E-state index contributed by atoms with van der Waals surface area (Å²) in [6.45, 7) is 2.03. The SMILES string of the molecule is O=C(CCC1CCNC1)Nc1ccc(C(=O)O)cc1Br. The first-order valence-corrected chi connectivity index (χ1v) is 7.39. The first-order chi connectivity index (χ1) is 9.56. The molecule has 1 aliphatic heterocycles. The van der Waals surface area contributed by atoms with Gasteiger partial charge in [0.2, 0.25) is 5.91 Å². The van der Waals surface area contributed by atoms with Crippen LogP contribution in [0.4, 0.5) is 5.69 Å². The lowest BCUT2D eigenvalue weighted by Gasteiger charge is -2.10. The molecule has 1 heterocycles. The zero-order chi connectivity index (χ0) is 14.5. The quantitative estimate of drug-likeness (QED) is 0.769. The van der Waals surface area contributed by atoms with Crippen molar-refractivity contribution in [3.63, 3.8) is 0 Å². The molecular formula is C14H17BrN2O3. The van der Waals surface area contributed by atoms with Gasteiger partial charge in [0, 0.05) is 10.9 Å². The van der Waals surface area contributed by atoms with Crippen LogP contribution in [0.2, 0.25) is 0 Å². The summed E-state index contributed by atoms with van der Waals surface area (Å²) in [5.74, 6) is -0.448. The zero-order valence-electron chi connectivity index (χ0n) is 11.0. The third kappa shape index (κ3) is 4.05. The van der Waals surface area contributed by atoms with Crippen molar-refractivity contribution in [3.05, 3.63) is 28.2 Å². The normalized spacial score (nSPS) is 17.9. The molecule has 2 rings (SSSR count). The summed E-state index contributed by atoms with van der Waals surface area (Å²) in [5, 5.41) is 15.0. The minimum Gasteiger partial charge on any atom is -0.478 e. The van der Waals surface area contributed by atoms with E-state index in [1.807, 2.05) is 0 Å². The molecule has 0 spiro atoms. The van der Waals surface area contributed by atoms with Gasteiger partial charge in [-0.2, -0.15) is 0 Å². The predicted molar refractivity (Wildman–Crippen MR) is 79.9 cm³/mol. The Morgan fingerprint density at radius 2 is 2.25 bits per heavy atom. The Balaban J connectivity index is 1.88. The van der Waals surface area contributed by atoms with Crippen molar-refractivity contribution < 1.29 is 14.7 Å². The van der Waals surface area contributed by atoms with Gasteiger partial charge < -0.3 is 15.7 Å². The molecule has 1 aliphatic rings. The fourth-order valence-corrected chi connectivity index (χ4v) is 2.74. The van der Waals surface area contributed by atoms with Crippen LogP contribution in [0.1, 0.15) is 29.6 Å². The van der Waals surface area contributed by atoms with Gasteiger partial charge in [-0.15, -0.1) is 0 Å². The Bertz CT molecular complexity index is 513. The van der Waals surface area contributed by atoms with Crippen molar-refractivity contribution in [3.8, 4) is 0 Å². The monoisotopic (exact) mass is 340 g/mol. The molecular weight excluding hydrogens is 324 g/mol. The second kappa shape index (κ2) is 6.85. The number of carboxylic acids is 1. The van der Waals surface area contributed by atoms with E-state index in [2.05, 4.69) is 26.6 Å². The number of benzene rings is 1. The highest BCUT2D eigenvalue weighted by molar-refractivity contribution is 9.10. The second-order valence-electron chi connectivity index (χ2n) is 4.95. The number of aromatic carboxylic acids is 1. The predicted octanol–water partition coefficient (Wildman–Crippen LogP) is 2.48. The van der Waals surface area contributed by atoms with Crippen molar-refractivity contribution in [2.75, 3.05) is 18.4 Å². The van der Waals surface area contributed by atoms with E-state index >= 15 is 0 Å². The molecule has 3 N–H and O–H groups in total. The second-order valence-corrected chi connectivity index (χ2v) is 5.80. The van der Waals surface area contributed by atoms with Crippen LogP contribution < -0.4 is 10.6 Å². The third-order valence-corrected chi connectivity index (χ3v) is 4.09. The molecule has 5 nitrogen and oxygen atoms in total. The fraction of sp³-hybridized carbons (Fsp3) is 0.429. The molecule has 1 atom stereocenters. The highest BCUT2D eigenvalue weighted by Crippen LogP contribution is 2.24. The van der Waals surface area contributed by atoms with Gasteiger partial charge in [-0.05, 0) is 66.0 Å². The Morgan fingerprint density at radius 3 is 2.85 bits per heavy atom. The number of hydrogen-bond donors (Lipinski definition) is 3. The third-order valence-electron chi connectivity index (χ3n) is 3.43. The van der Waals surface area contributed by atoms with Crippen molar-refractivity contribution in [1.82, 2.24) is 5.32 Å². The van der Waals surface area contributed by atoms with Crippen LogP contribution in [0.5, 0.6) is 0 Å². The summed E-state index contributed by atoms with van der Waals surface area (Å²) >= 11 is 3.27. The van der Waals surface area contributed by atoms with Gasteiger partial charge in [0.15, 0.2) is 0 Å². The van der Waals surface area contributed by atoms with Crippen LogP contribution in [0.25, 0.3) is 0 Å². The molecule has 20 heavy (non-hydrogen) atoms. The van der Waals surface area contributed by atoms with Crippen molar-refractivity contribution in [2.45, 2.75) is 19.3 Å². The van der Waals surface area contributed by atoms with E-state index in [9.17, 15) is 9.59 Å². The Labute approximate surface area is 125 Å². The number of nitrogens with one attached hydrogen (secondary N) is 2. The van der Waals surface area contributed by atoms with Crippen LogP contribution in [0.15, 0.2) is 22.7 Å². The lowest BCUT2D eigenvalue weighted by Crippen LogP contribution is -2.15. The number of carboxylic acid groups (broad SMARTS) is 1. The standard InChI is InChI=1S/C14H17BrN2O3/c15-11-7-10(14(19)20)2-3-12(11)17-13(18)4-1-9-5-6-16-8-9/h2-3,7,9,16H,1,4-6,8H2,(H,17,18)(H,19,20). The van der Waals surface area contributed by atoms with Crippen LogP contribution in [0, 0.1) is 5.92 Å². The van der Waals surface area contributed by atoms with E-state index in [0.29, 0.717) is 22.5 Å². The largest absolute Gasteiger partial charge is 0.478 e. The number of carbonyl (C=O) groups excluding carboxylic acids is 1. The van der Waals surface area contributed by atoms with Gasteiger partial charge in [0.25, 0.3) is 0 Å². The van der Waals surface area contributed by atoms with Crippen molar-refractivity contribution in [2.24, 2.45) is 5.92 Å². The molecule has 0 aliphatic carbocycles. The van der Waals surface area contributed by atoms with E-state index in [1.165, 1.54) is 12.1 Å². The molecule has 108 valence electrons. The number of amides is 1. The molecule has 1 fully saturated rings. The summed E-state index contributed by atoms with van der Waals surface area (Å²) in [7, 11) is 0. The number of carbonyl (C=O) groups is 2. The molecule has 1 aromatic rings. The smallest absolute Gasteiger partial charge is 0.335 e. The molecule has 1 aromatic carbocycles. The molecule has 0 aromatic heterocycles. The molecule has 0 bridgehead atoms. The van der Waals surface area contributed by atoms with Crippen molar-refractivity contribution >= 4 is 33.5 Å². The topological polar surface area (TPSA) is 78.4 Å². The van der Waals surface area contributed by atoms with Gasteiger partial charge in [-0.1, -0.05) is 0 Å². The molecule has 1 amide bonds. The first-order valence-electron chi connectivity index (χ1n) is 6.59.